The minimum Gasteiger partial charge on any atom is -0.496 e. The van der Waals surface area contributed by atoms with Crippen LogP contribution in [0.4, 0.5) is 0 Å². The van der Waals surface area contributed by atoms with Gasteiger partial charge in [0.2, 0.25) is 0 Å². The first-order valence-corrected chi connectivity index (χ1v) is 6.00. The molecule has 0 spiro atoms. The van der Waals surface area contributed by atoms with Gasteiger partial charge in [-0.3, -0.25) is 0 Å². The van der Waals surface area contributed by atoms with Crippen LogP contribution < -0.4 is 14.8 Å². The lowest BCUT2D eigenvalue weighted by Crippen LogP contribution is -2.06. The van der Waals surface area contributed by atoms with Gasteiger partial charge >= 0.3 is 0 Å². The van der Waals surface area contributed by atoms with Crippen molar-refractivity contribution in [3.63, 3.8) is 0 Å². The summed E-state index contributed by atoms with van der Waals surface area (Å²) in [6, 6.07) is 4.04. The normalized spacial score (nSPS) is 9.29. The molecule has 17 heavy (non-hydrogen) atoms. The van der Waals surface area contributed by atoms with Gasteiger partial charge in [-0.05, 0) is 31.7 Å². The molecular weight excluding hydrogens is 214 g/mol. The third-order valence-electron chi connectivity index (χ3n) is 2.19. The van der Waals surface area contributed by atoms with E-state index in [9.17, 15) is 0 Å². The molecule has 0 saturated heterocycles. The molecule has 98 valence electrons. The van der Waals surface area contributed by atoms with Crippen LogP contribution in [0, 0.1) is 6.92 Å². The van der Waals surface area contributed by atoms with E-state index in [0.29, 0.717) is 0 Å². The summed E-state index contributed by atoms with van der Waals surface area (Å²) in [6.45, 7) is 7.05. The van der Waals surface area contributed by atoms with Crippen LogP contribution in [-0.4, -0.2) is 21.3 Å². The van der Waals surface area contributed by atoms with Gasteiger partial charge in [-0.25, -0.2) is 0 Å². The van der Waals surface area contributed by atoms with Gasteiger partial charge in [0, 0.05) is 12.1 Å². The fourth-order valence-electron chi connectivity index (χ4n) is 1.45. The van der Waals surface area contributed by atoms with Crippen molar-refractivity contribution in [2.45, 2.75) is 33.7 Å². The van der Waals surface area contributed by atoms with Crippen LogP contribution in [0.3, 0.4) is 0 Å². The Morgan fingerprint density at radius 2 is 1.47 bits per heavy atom. The molecule has 3 heteroatoms. The van der Waals surface area contributed by atoms with Gasteiger partial charge in [0.25, 0.3) is 0 Å². The third-order valence-corrected chi connectivity index (χ3v) is 2.19. The highest BCUT2D eigenvalue weighted by Gasteiger charge is 2.07. The SMILES string of the molecule is CCC.CNCc1cc(OC)c(C)c(OC)c1. The molecule has 0 heterocycles. The van der Waals surface area contributed by atoms with Crippen molar-refractivity contribution >= 4 is 0 Å². The lowest BCUT2D eigenvalue weighted by Gasteiger charge is -2.12. The minimum absolute atomic E-state index is 0.813. The predicted molar refractivity (Wildman–Crippen MR) is 73.0 cm³/mol. The Morgan fingerprint density at radius 3 is 1.76 bits per heavy atom. The third kappa shape index (κ3) is 5.09. The molecule has 1 aromatic carbocycles. The molecule has 1 N–H and O–H groups in total. The second-order valence-electron chi connectivity index (χ2n) is 3.86. The van der Waals surface area contributed by atoms with Crippen molar-refractivity contribution in [2.75, 3.05) is 21.3 Å². The Kier molecular flexibility index (Phi) is 8.24. The van der Waals surface area contributed by atoms with E-state index in [4.69, 9.17) is 9.47 Å². The molecule has 0 atom stereocenters. The number of ether oxygens (including phenoxy) is 2. The zero-order valence-electron chi connectivity index (χ0n) is 11.9. The molecule has 1 rings (SSSR count). The molecule has 3 nitrogen and oxygen atoms in total. The summed E-state index contributed by atoms with van der Waals surface area (Å²) in [4.78, 5) is 0. The summed E-state index contributed by atoms with van der Waals surface area (Å²) in [7, 11) is 5.26. The number of benzene rings is 1. The van der Waals surface area contributed by atoms with E-state index in [1.165, 1.54) is 6.42 Å². The fraction of sp³-hybridized carbons (Fsp3) is 0.571. The molecule has 0 aliphatic heterocycles. The van der Waals surface area contributed by atoms with Crippen molar-refractivity contribution in [1.29, 1.82) is 0 Å². The highest BCUT2D eigenvalue weighted by atomic mass is 16.5. The van der Waals surface area contributed by atoms with Gasteiger partial charge in [0.1, 0.15) is 11.5 Å². The summed E-state index contributed by atoms with van der Waals surface area (Å²) in [6.07, 6.45) is 1.25. The molecule has 0 aliphatic rings. The van der Waals surface area contributed by atoms with Gasteiger partial charge < -0.3 is 14.8 Å². The zero-order valence-corrected chi connectivity index (χ0v) is 11.9. The lowest BCUT2D eigenvalue weighted by atomic mass is 10.1. The zero-order chi connectivity index (χ0) is 13.3. The number of hydrogen-bond donors (Lipinski definition) is 1. The summed E-state index contributed by atoms with van der Waals surface area (Å²) >= 11 is 0. The Balaban J connectivity index is 0.000000770. The molecular formula is C14H25NO2. The first kappa shape index (κ1) is 15.8. The van der Waals surface area contributed by atoms with Gasteiger partial charge in [-0.1, -0.05) is 20.3 Å². The monoisotopic (exact) mass is 239 g/mol. The number of methoxy groups -OCH3 is 2. The van der Waals surface area contributed by atoms with Crippen LogP contribution >= 0.6 is 0 Å². The average molecular weight is 239 g/mol. The average Bonchev–Trinajstić information content (AvgIpc) is 2.32. The molecule has 0 bridgehead atoms. The highest BCUT2D eigenvalue weighted by molar-refractivity contribution is 5.47. The van der Waals surface area contributed by atoms with E-state index in [0.717, 1.165) is 29.2 Å². The maximum Gasteiger partial charge on any atom is 0.125 e. The molecule has 0 saturated carbocycles. The summed E-state index contributed by atoms with van der Waals surface area (Å²) < 4.78 is 10.5. The molecule has 0 amide bonds. The Labute approximate surface area is 105 Å². The maximum atomic E-state index is 5.27. The molecule has 0 aliphatic carbocycles. The molecule has 0 aromatic heterocycles. The van der Waals surface area contributed by atoms with Crippen LogP contribution in [0.15, 0.2) is 12.1 Å². The minimum atomic E-state index is 0.813. The van der Waals surface area contributed by atoms with Crippen LogP contribution in [-0.2, 0) is 6.54 Å². The highest BCUT2D eigenvalue weighted by Crippen LogP contribution is 2.29. The van der Waals surface area contributed by atoms with Gasteiger partial charge in [0.15, 0.2) is 0 Å². The standard InChI is InChI=1S/C11H17NO2.C3H8/c1-8-10(13-3)5-9(7-12-2)6-11(8)14-4;1-3-2/h5-6,12H,7H2,1-4H3;3H2,1-2H3. The Bertz CT molecular complexity index is 299. The predicted octanol–water partition coefficient (Wildman–Crippen LogP) is 3.15. The van der Waals surface area contributed by atoms with Crippen molar-refractivity contribution in [2.24, 2.45) is 0 Å². The van der Waals surface area contributed by atoms with E-state index in [1.807, 2.05) is 26.1 Å². The molecule has 1 aromatic rings. The quantitative estimate of drug-likeness (QED) is 0.875. The Morgan fingerprint density at radius 1 is 1.06 bits per heavy atom. The smallest absolute Gasteiger partial charge is 0.125 e. The summed E-state index contributed by atoms with van der Waals surface area (Å²) in [5.74, 6) is 1.74. The molecule has 0 unspecified atom stereocenters. The summed E-state index contributed by atoms with van der Waals surface area (Å²) in [5.41, 5.74) is 2.20. The van der Waals surface area contributed by atoms with E-state index < -0.39 is 0 Å². The van der Waals surface area contributed by atoms with Gasteiger partial charge in [-0.15, -0.1) is 0 Å². The molecule has 0 radical (unpaired) electrons. The second-order valence-corrected chi connectivity index (χ2v) is 3.86. The van der Waals surface area contributed by atoms with Crippen LogP contribution in [0.1, 0.15) is 31.4 Å². The van der Waals surface area contributed by atoms with Gasteiger partial charge in [0.05, 0.1) is 14.2 Å². The van der Waals surface area contributed by atoms with Crippen LogP contribution in [0.5, 0.6) is 11.5 Å². The van der Waals surface area contributed by atoms with Crippen molar-refractivity contribution in [3.8, 4) is 11.5 Å². The van der Waals surface area contributed by atoms with Crippen LogP contribution in [0.2, 0.25) is 0 Å². The number of hydrogen-bond acceptors (Lipinski definition) is 3. The van der Waals surface area contributed by atoms with E-state index in [2.05, 4.69) is 19.2 Å². The second kappa shape index (κ2) is 8.88. The van der Waals surface area contributed by atoms with Crippen molar-refractivity contribution in [3.05, 3.63) is 23.3 Å². The maximum absolute atomic E-state index is 5.27. The number of nitrogens with one attached hydrogen (secondary N) is 1. The van der Waals surface area contributed by atoms with Crippen molar-refractivity contribution < 1.29 is 9.47 Å². The van der Waals surface area contributed by atoms with Gasteiger partial charge in [-0.2, -0.15) is 0 Å². The first-order valence-electron chi connectivity index (χ1n) is 6.00. The van der Waals surface area contributed by atoms with E-state index in [-0.39, 0.29) is 0 Å². The Hall–Kier alpha value is -1.22. The summed E-state index contributed by atoms with van der Waals surface area (Å²) in [5, 5.41) is 3.09. The van der Waals surface area contributed by atoms with Crippen molar-refractivity contribution in [1.82, 2.24) is 5.32 Å². The fourth-order valence-corrected chi connectivity index (χ4v) is 1.45. The largest absolute Gasteiger partial charge is 0.496 e. The van der Waals surface area contributed by atoms with Crippen LogP contribution in [0.25, 0.3) is 0 Å². The van der Waals surface area contributed by atoms with E-state index >= 15 is 0 Å². The number of rotatable bonds is 4. The topological polar surface area (TPSA) is 30.5 Å². The first-order chi connectivity index (χ1) is 8.14. The molecule has 0 fully saturated rings. The lowest BCUT2D eigenvalue weighted by molar-refractivity contribution is 0.387. The van der Waals surface area contributed by atoms with E-state index in [1.54, 1.807) is 14.2 Å².